The van der Waals surface area contributed by atoms with E-state index in [9.17, 15) is 18.0 Å². The molecule has 1 amide bonds. The lowest BCUT2D eigenvalue weighted by Gasteiger charge is -2.41. The first-order chi connectivity index (χ1) is 14.0. The van der Waals surface area contributed by atoms with Gasteiger partial charge in [-0.25, -0.2) is 4.98 Å². The standard InChI is InChI=1S/C20H21F3N4O3.ClH/c1-18(11-30-19(2,17(24)27-18)20(21,22)23)12-5-4-6-13(9-12)26-16(28)15-8-7-14(29-3)10-25-15;/h4-10H,11H2,1-3H3,(H2,24,27)(H,26,28);1H/t18-,19+;/m0./s1. The third kappa shape index (κ3) is 4.75. The fourth-order valence-corrected chi connectivity index (χ4v) is 2.90. The molecule has 0 spiro atoms. The first kappa shape index (κ1) is 24.4. The monoisotopic (exact) mass is 458 g/mol. The third-order valence-electron chi connectivity index (χ3n) is 4.99. The zero-order chi connectivity index (χ0) is 22.2. The van der Waals surface area contributed by atoms with Crippen LogP contribution in [0.5, 0.6) is 5.75 Å². The van der Waals surface area contributed by atoms with E-state index in [1.54, 1.807) is 37.3 Å². The van der Waals surface area contributed by atoms with E-state index in [-0.39, 0.29) is 24.7 Å². The Morgan fingerprint density at radius 3 is 2.52 bits per heavy atom. The molecule has 0 bridgehead atoms. The molecule has 0 saturated heterocycles. The average Bonchev–Trinajstić information content (AvgIpc) is 2.70. The highest BCUT2D eigenvalue weighted by Gasteiger charge is 2.58. The van der Waals surface area contributed by atoms with Crippen molar-refractivity contribution in [3.63, 3.8) is 0 Å². The molecule has 2 heterocycles. The minimum Gasteiger partial charge on any atom is -0.495 e. The molecule has 31 heavy (non-hydrogen) atoms. The zero-order valence-corrected chi connectivity index (χ0v) is 17.8. The van der Waals surface area contributed by atoms with Crippen LogP contribution in [-0.4, -0.2) is 42.2 Å². The van der Waals surface area contributed by atoms with Crippen molar-refractivity contribution in [3.8, 4) is 5.75 Å². The van der Waals surface area contributed by atoms with Gasteiger partial charge >= 0.3 is 6.18 Å². The average molecular weight is 459 g/mol. The predicted octanol–water partition coefficient (Wildman–Crippen LogP) is 3.69. The molecule has 168 valence electrons. The number of aromatic nitrogens is 1. The van der Waals surface area contributed by atoms with E-state index in [4.69, 9.17) is 15.2 Å². The van der Waals surface area contributed by atoms with E-state index in [1.165, 1.54) is 19.4 Å². The van der Waals surface area contributed by atoms with Crippen molar-refractivity contribution < 1.29 is 27.4 Å². The van der Waals surface area contributed by atoms with Crippen LogP contribution in [0.3, 0.4) is 0 Å². The number of amidine groups is 1. The van der Waals surface area contributed by atoms with Gasteiger partial charge in [0.1, 0.15) is 22.8 Å². The van der Waals surface area contributed by atoms with Gasteiger partial charge in [-0.2, -0.15) is 13.2 Å². The van der Waals surface area contributed by atoms with Gasteiger partial charge in [-0.1, -0.05) is 12.1 Å². The Bertz CT molecular complexity index is 984. The molecule has 0 saturated carbocycles. The number of pyridine rings is 1. The van der Waals surface area contributed by atoms with Crippen LogP contribution in [-0.2, 0) is 10.3 Å². The van der Waals surface area contributed by atoms with E-state index < -0.39 is 29.1 Å². The minimum absolute atomic E-state index is 0. The number of methoxy groups -OCH3 is 1. The Labute approximate surface area is 183 Å². The Balaban J connectivity index is 0.00000341. The maximum atomic E-state index is 13.3. The second-order valence-corrected chi connectivity index (χ2v) is 7.21. The number of carbonyl (C=O) groups excluding carboxylic acids is 1. The maximum absolute atomic E-state index is 13.3. The molecule has 0 unspecified atom stereocenters. The molecular weight excluding hydrogens is 437 g/mol. The molecule has 1 aromatic carbocycles. The molecule has 11 heteroatoms. The Morgan fingerprint density at radius 2 is 1.97 bits per heavy atom. The van der Waals surface area contributed by atoms with Crippen molar-refractivity contribution in [2.24, 2.45) is 10.7 Å². The van der Waals surface area contributed by atoms with E-state index in [1.807, 2.05) is 0 Å². The minimum atomic E-state index is -4.69. The molecule has 1 aliphatic heterocycles. The number of nitrogens with one attached hydrogen (secondary N) is 1. The van der Waals surface area contributed by atoms with Crippen LogP contribution >= 0.6 is 12.4 Å². The summed E-state index contributed by atoms with van der Waals surface area (Å²) < 4.78 is 50.0. The van der Waals surface area contributed by atoms with E-state index >= 15 is 0 Å². The number of amides is 1. The van der Waals surface area contributed by atoms with E-state index in [2.05, 4.69) is 15.3 Å². The number of halogens is 4. The first-order valence-corrected chi connectivity index (χ1v) is 8.97. The highest BCUT2D eigenvalue weighted by Crippen LogP contribution is 2.41. The Morgan fingerprint density at radius 1 is 1.26 bits per heavy atom. The molecule has 1 aliphatic rings. The van der Waals surface area contributed by atoms with Gasteiger partial charge in [-0.15, -0.1) is 12.4 Å². The summed E-state index contributed by atoms with van der Waals surface area (Å²) in [5, 5.41) is 2.70. The van der Waals surface area contributed by atoms with Crippen molar-refractivity contribution in [2.45, 2.75) is 31.2 Å². The van der Waals surface area contributed by atoms with Crippen LogP contribution < -0.4 is 15.8 Å². The summed E-state index contributed by atoms with van der Waals surface area (Å²) in [4.78, 5) is 20.5. The first-order valence-electron chi connectivity index (χ1n) is 8.97. The molecule has 1 aromatic heterocycles. The van der Waals surface area contributed by atoms with Crippen LogP contribution in [0, 0.1) is 0 Å². The molecule has 0 aliphatic carbocycles. The second-order valence-electron chi connectivity index (χ2n) is 7.21. The summed E-state index contributed by atoms with van der Waals surface area (Å²) in [5.74, 6) is -0.590. The van der Waals surface area contributed by atoms with Crippen molar-refractivity contribution in [1.29, 1.82) is 0 Å². The molecule has 3 N–H and O–H groups in total. The third-order valence-corrected chi connectivity index (χ3v) is 4.99. The summed E-state index contributed by atoms with van der Waals surface area (Å²) in [5.41, 5.74) is 3.00. The number of benzene rings is 1. The fourth-order valence-electron chi connectivity index (χ4n) is 2.90. The van der Waals surface area contributed by atoms with Crippen LogP contribution in [0.1, 0.15) is 29.9 Å². The van der Waals surface area contributed by atoms with Gasteiger partial charge in [0.2, 0.25) is 5.60 Å². The van der Waals surface area contributed by atoms with Crippen LogP contribution in [0.4, 0.5) is 18.9 Å². The maximum Gasteiger partial charge on any atom is 0.424 e. The number of anilines is 1. The summed E-state index contributed by atoms with van der Waals surface area (Å²) in [6.07, 6.45) is -3.27. The second kappa shape index (κ2) is 8.72. The number of alkyl halides is 3. The van der Waals surface area contributed by atoms with Gasteiger partial charge < -0.3 is 20.5 Å². The Kier molecular flexibility index (Phi) is 6.87. The van der Waals surface area contributed by atoms with E-state index in [0.717, 1.165) is 6.92 Å². The number of nitrogens with zero attached hydrogens (tertiary/aromatic N) is 2. The van der Waals surface area contributed by atoms with Gasteiger partial charge in [0, 0.05) is 5.69 Å². The smallest absolute Gasteiger partial charge is 0.424 e. The molecule has 7 nitrogen and oxygen atoms in total. The number of carbonyl (C=O) groups is 1. The summed E-state index contributed by atoms with van der Waals surface area (Å²) in [7, 11) is 1.49. The predicted molar refractivity (Wildman–Crippen MR) is 112 cm³/mol. The quantitative estimate of drug-likeness (QED) is 0.728. The molecule has 3 rings (SSSR count). The lowest BCUT2D eigenvalue weighted by Crippen LogP contribution is -2.60. The number of ether oxygens (including phenoxy) is 2. The van der Waals surface area contributed by atoms with Crippen molar-refractivity contribution in [1.82, 2.24) is 4.98 Å². The number of aliphatic imine (C=N–C) groups is 1. The van der Waals surface area contributed by atoms with E-state index in [0.29, 0.717) is 17.0 Å². The van der Waals surface area contributed by atoms with Gasteiger partial charge in [0.05, 0.1) is 19.9 Å². The fraction of sp³-hybridized carbons (Fsp3) is 0.350. The summed E-state index contributed by atoms with van der Waals surface area (Å²) in [6.45, 7) is 2.13. The van der Waals surface area contributed by atoms with Gasteiger partial charge in [0.25, 0.3) is 5.91 Å². The normalized spacial score (nSPS) is 23.4. The van der Waals surface area contributed by atoms with Crippen LogP contribution in [0.15, 0.2) is 47.6 Å². The van der Waals surface area contributed by atoms with Crippen molar-refractivity contribution in [2.75, 3.05) is 19.0 Å². The van der Waals surface area contributed by atoms with Crippen LogP contribution in [0.2, 0.25) is 0 Å². The summed E-state index contributed by atoms with van der Waals surface area (Å²) >= 11 is 0. The van der Waals surface area contributed by atoms with Gasteiger partial charge in [0.15, 0.2) is 0 Å². The largest absolute Gasteiger partial charge is 0.495 e. The lowest BCUT2D eigenvalue weighted by molar-refractivity contribution is -0.249. The van der Waals surface area contributed by atoms with Crippen molar-refractivity contribution >= 4 is 29.8 Å². The Hall–Kier alpha value is -2.85. The van der Waals surface area contributed by atoms with Gasteiger partial charge in [-0.05, 0) is 43.7 Å². The highest BCUT2D eigenvalue weighted by atomic mass is 35.5. The molecule has 2 aromatic rings. The van der Waals surface area contributed by atoms with Gasteiger partial charge in [-0.3, -0.25) is 9.79 Å². The number of hydrogen-bond acceptors (Lipinski definition) is 6. The molecule has 2 atom stereocenters. The SMILES string of the molecule is COc1ccc(C(=O)Nc2cccc([C@]3(C)CO[C@@](C)(C(F)(F)F)C(N)=N3)c2)nc1.Cl. The number of nitrogens with two attached hydrogens (primary N) is 1. The van der Waals surface area contributed by atoms with Crippen LogP contribution in [0.25, 0.3) is 0 Å². The topological polar surface area (TPSA) is 98.8 Å². The molecule has 0 fully saturated rings. The highest BCUT2D eigenvalue weighted by molar-refractivity contribution is 6.02. The van der Waals surface area contributed by atoms with Crippen molar-refractivity contribution in [3.05, 3.63) is 53.9 Å². The molecule has 0 radical (unpaired) electrons. The number of hydrogen-bond donors (Lipinski definition) is 2. The zero-order valence-electron chi connectivity index (χ0n) is 17.0. The number of rotatable bonds is 4. The lowest BCUT2D eigenvalue weighted by atomic mass is 9.90. The molecular formula is C20H22ClF3N4O3. The summed E-state index contributed by atoms with van der Waals surface area (Å²) in [6, 6.07) is 9.70.